The number of rotatable bonds is 1. The van der Waals surface area contributed by atoms with Crippen molar-refractivity contribution in [2.45, 2.75) is 52.2 Å². The lowest BCUT2D eigenvalue weighted by Crippen LogP contribution is -2.37. The number of hydrogen-bond acceptors (Lipinski definition) is 1. The normalized spacial score (nSPS) is 32.0. The SMILES string of the molecule is CC(C)(C)C1CCCC(CI)O1. The molecule has 0 aromatic heterocycles. The van der Waals surface area contributed by atoms with E-state index in [1.807, 2.05) is 0 Å². The Morgan fingerprint density at radius 1 is 1.33 bits per heavy atom. The van der Waals surface area contributed by atoms with Gasteiger partial charge in [0.2, 0.25) is 0 Å². The Morgan fingerprint density at radius 2 is 2.00 bits per heavy atom. The summed E-state index contributed by atoms with van der Waals surface area (Å²) in [6.07, 6.45) is 4.84. The van der Waals surface area contributed by atoms with Crippen LogP contribution in [-0.2, 0) is 4.74 Å². The molecule has 0 N–H and O–H groups in total. The highest BCUT2D eigenvalue weighted by molar-refractivity contribution is 14.1. The lowest BCUT2D eigenvalue weighted by atomic mass is 9.84. The van der Waals surface area contributed by atoms with Crippen LogP contribution in [0.1, 0.15) is 40.0 Å². The first-order chi connectivity index (χ1) is 5.54. The van der Waals surface area contributed by atoms with Crippen LogP contribution in [0, 0.1) is 5.41 Å². The molecule has 2 heteroatoms. The lowest BCUT2D eigenvalue weighted by molar-refractivity contribution is -0.0873. The molecule has 0 radical (unpaired) electrons. The second-order valence-electron chi connectivity index (χ2n) is 4.70. The highest BCUT2D eigenvalue weighted by atomic mass is 127. The molecule has 12 heavy (non-hydrogen) atoms. The van der Waals surface area contributed by atoms with Gasteiger partial charge in [-0.3, -0.25) is 0 Å². The summed E-state index contributed by atoms with van der Waals surface area (Å²) >= 11 is 2.42. The van der Waals surface area contributed by atoms with Gasteiger partial charge in [-0.15, -0.1) is 0 Å². The number of hydrogen-bond donors (Lipinski definition) is 0. The summed E-state index contributed by atoms with van der Waals surface area (Å²) in [5.41, 5.74) is 0.324. The molecular weight excluding hydrogens is 263 g/mol. The molecular formula is C10H19IO. The van der Waals surface area contributed by atoms with Gasteiger partial charge < -0.3 is 4.74 Å². The third-order valence-electron chi connectivity index (χ3n) is 2.49. The lowest BCUT2D eigenvalue weighted by Gasteiger charge is -2.37. The van der Waals surface area contributed by atoms with Gasteiger partial charge in [-0.05, 0) is 24.7 Å². The van der Waals surface area contributed by atoms with Gasteiger partial charge in [0.15, 0.2) is 0 Å². The zero-order valence-corrected chi connectivity index (χ0v) is 10.4. The van der Waals surface area contributed by atoms with Crippen molar-refractivity contribution in [2.75, 3.05) is 4.43 Å². The van der Waals surface area contributed by atoms with Crippen molar-refractivity contribution in [3.63, 3.8) is 0 Å². The van der Waals surface area contributed by atoms with Gasteiger partial charge in [0.1, 0.15) is 0 Å². The first-order valence-electron chi connectivity index (χ1n) is 4.75. The zero-order valence-electron chi connectivity index (χ0n) is 8.27. The molecule has 0 aromatic carbocycles. The fraction of sp³-hybridized carbons (Fsp3) is 1.00. The molecule has 1 fully saturated rings. The first-order valence-corrected chi connectivity index (χ1v) is 6.28. The second-order valence-corrected chi connectivity index (χ2v) is 5.58. The third-order valence-corrected chi connectivity index (χ3v) is 3.47. The minimum Gasteiger partial charge on any atom is -0.374 e. The smallest absolute Gasteiger partial charge is 0.0668 e. The number of alkyl halides is 1. The van der Waals surface area contributed by atoms with Crippen LogP contribution in [0.25, 0.3) is 0 Å². The van der Waals surface area contributed by atoms with E-state index in [4.69, 9.17) is 4.74 Å². The van der Waals surface area contributed by atoms with Gasteiger partial charge in [0, 0.05) is 4.43 Å². The van der Waals surface area contributed by atoms with Crippen LogP contribution in [0.15, 0.2) is 0 Å². The highest BCUT2D eigenvalue weighted by Crippen LogP contribution is 2.32. The van der Waals surface area contributed by atoms with Crippen molar-refractivity contribution < 1.29 is 4.74 Å². The Kier molecular flexibility index (Phi) is 3.83. The van der Waals surface area contributed by atoms with E-state index in [-0.39, 0.29) is 0 Å². The monoisotopic (exact) mass is 282 g/mol. The average molecular weight is 282 g/mol. The Morgan fingerprint density at radius 3 is 2.50 bits per heavy atom. The van der Waals surface area contributed by atoms with E-state index in [9.17, 15) is 0 Å². The summed E-state index contributed by atoms with van der Waals surface area (Å²) in [6, 6.07) is 0. The summed E-state index contributed by atoms with van der Waals surface area (Å²) in [6.45, 7) is 6.81. The van der Waals surface area contributed by atoms with Crippen molar-refractivity contribution in [2.24, 2.45) is 5.41 Å². The van der Waals surface area contributed by atoms with Crippen molar-refractivity contribution >= 4 is 22.6 Å². The molecule has 0 saturated carbocycles. The van der Waals surface area contributed by atoms with Crippen molar-refractivity contribution in [1.82, 2.24) is 0 Å². The van der Waals surface area contributed by atoms with E-state index in [2.05, 4.69) is 43.4 Å². The van der Waals surface area contributed by atoms with Crippen LogP contribution in [0.5, 0.6) is 0 Å². The predicted molar refractivity (Wildman–Crippen MR) is 60.9 cm³/mol. The van der Waals surface area contributed by atoms with Gasteiger partial charge in [-0.25, -0.2) is 0 Å². The topological polar surface area (TPSA) is 9.23 Å². The van der Waals surface area contributed by atoms with Gasteiger partial charge in [-0.1, -0.05) is 43.4 Å². The Labute approximate surface area is 89.4 Å². The van der Waals surface area contributed by atoms with Crippen LogP contribution in [-0.4, -0.2) is 16.6 Å². The molecule has 1 aliphatic heterocycles. The highest BCUT2D eigenvalue weighted by Gasteiger charge is 2.30. The Hall–Kier alpha value is 0.690. The van der Waals surface area contributed by atoms with Gasteiger partial charge in [0.05, 0.1) is 12.2 Å². The fourth-order valence-electron chi connectivity index (χ4n) is 1.65. The third kappa shape index (κ3) is 2.87. The van der Waals surface area contributed by atoms with Crippen molar-refractivity contribution in [3.05, 3.63) is 0 Å². The van der Waals surface area contributed by atoms with Crippen LogP contribution in [0.4, 0.5) is 0 Å². The molecule has 72 valence electrons. The predicted octanol–water partition coefficient (Wildman–Crippen LogP) is 3.41. The van der Waals surface area contributed by atoms with Crippen molar-refractivity contribution in [3.8, 4) is 0 Å². The Bertz CT molecular complexity index is 139. The van der Waals surface area contributed by atoms with E-state index in [1.54, 1.807) is 0 Å². The molecule has 1 rings (SSSR count). The van der Waals surface area contributed by atoms with E-state index in [0.29, 0.717) is 17.6 Å². The summed E-state index contributed by atoms with van der Waals surface area (Å²) in [4.78, 5) is 0. The van der Waals surface area contributed by atoms with Crippen molar-refractivity contribution in [1.29, 1.82) is 0 Å². The molecule has 0 amide bonds. The largest absolute Gasteiger partial charge is 0.374 e. The number of ether oxygens (including phenoxy) is 1. The molecule has 2 unspecified atom stereocenters. The molecule has 0 aromatic rings. The maximum atomic E-state index is 5.99. The van der Waals surface area contributed by atoms with Gasteiger partial charge in [0.25, 0.3) is 0 Å². The quantitative estimate of drug-likeness (QED) is 0.529. The molecule has 1 saturated heterocycles. The minimum atomic E-state index is 0.324. The van der Waals surface area contributed by atoms with E-state index < -0.39 is 0 Å². The van der Waals surface area contributed by atoms with Gasteiger partial charge in [-0.2, -0.15) is 0 Å². The maximum Gasteiger partial charge on any atom is 0.0668 e. The Balaban J connectivity index is 2.46. The molecule has 0 bridgehead atoms. The number of halogens is 1. The van der Waals surface area contributed by atoms with Crippen LogP contribution in [0.3, 0.4) is 0 Å². The summed E-state index contributed by atoms with van der Waals surface area (Å²) in [5.74, 6) is 0. The van der Waals surface area contributed by atoms with Crippen LogP contribution in [0.2, 0.25) is 0 Å². The van der Waals surface area contributed by atoms with E-state index in [0.717, 1.165) is 4.43 Å². The molecule has 0 aliphatic carbocycles. The van der Waals surface area contributed by atoms with E-state index in [1.165, 1.54) is 19.3 Å². The molecule has 1 nitrogen and oxygen atoms in total. The minimum absolute atomic E-state index is 0.324. The first kappa shape index (κ1) is 10.8. The fourth-order valence-corrected chi connectivity index (χ4v) is 2.30. The van der Waals surface area contributed by atoms with Crippen LogP contribution >= 0.6 is 22.6 Å². The second kappa shape index (κ2) is 4.27. The molecule has 1 heterocycles. The van der Waals surface area contributed by atoms with Gasteiger partial charge >= 0.3 is 0 Å². The summed E-state index contributed by atoms with van der Waals surface area (Å²) in [5, 5.41) is 0. The molecule has 0 spiro atoms. The average Bonchev–Trinajstić information content (AvgIpc) is 2.03. The standard InChI is InChI=1S/C10H19IO/c1-10(2,3)9-6-4-5-8(7-11)12-9/h8-9H,4-7H2,1-3H3. The van der Waals surface area contributed by atoms with Crippen LogP contribution < -0.4 is 0 Å². The zero-order chi connectivity index (χ0) is 9.19. The summed E-state index contributed by atoms with van der Waals surface area (Å²) in [7, 11) is 0. The maximum absolute atomic E-state index is 5.99. The summed E-state index contributed by atoms with van der Waals surface area (Å²) < 4.78 is 7.14. The molecule has 2 atom stereocenters. The van der Waals surface area contributed by atoms with E-state index >= 15 is 0 Å². The molecule has 1 aliphatic rings.